The number of hydrogen-bond donors (Lipinski definition) is 1. The van der Waals surface area contributed by atoms with Gasteiger partial charge in [-0.15, -0.1) is 0 Å². The van der Waals surface area contributed by atoms with Crippen LogP contribution in [0.5, 0.6) is 5.75 Å². The predicted octanol–water partition coefficient (Wildman–Crippen LogP) is 4.97. The molecule has 4 heteroatoms. The molecule has 26 heavy (non-hydrogen) atoms. The van der Waals surface area contributed by atoms with Crippen molar-refractivity contribution in [1.29, 1.82) is 5.26 Å². The summed E-state index contributed by atoms with van der Waals surface area (Å²) in [6.07, 6.45) is 0.957. The molecule has 130 valence electrons. The van der Waals surface area contributed by atoms with Crippen LogP contribution in [0.4, 0.5) is 5.82 Å². The molecule has 1 aromatic heterocycles. The molecule has 0 aliphatic rings. The monoisotopic (exact) mass is 343 g/mol. The van der Waals surface area contributed by atoms with E-state index in [1.165, 1.54) is 0 Å². The molecule has 0 amide bonds. The minimum atomic E-state index is 0.256. The smallest absolute Gasteiger partial charge is 0.142 e. The highest BCUT2D eigenvalue weighted by Crippen LogP contribution is 2.39. The van der Waals surface area contributed by atoms with E-state index in [2.05, 4.69) is 18.0 Å². The van der Waals surface area contributed by atoms with Crippen molar-refractivity contribution in [3.8, 4) is 34.1 Å². The molecule has 2 N–H and O–H groups in total. The Balaban J connectivity index is 2.20. The molecule has 0 fully saturated rings. The van der Waals surface area contributed by atoms with E-state index < -0.39 is 0 Å². The first-order valence-electron chi connectivity index (χ1n) is 8.64. The van der Waals surface area contributed by atoms with Gasteiger partial charge >= 0.3 is 0 Å². The summed E-state index contributed by atoms with van der Waals surface area (Å²) in [5.74, 6) is 1.07. The lowest BCUT2D eigenvalue weighted by molar-refractivity contribution is 0.317. The molecule has 2 aromatic carbocycles. The van der Waals surface area contributed by atoms with E-state index in [0.717, 1.165) is 40.1 Å². The van der Waals surface area contributed by atoms with Crippen molar-refractivity contribution in [2.75, 3.05) is 12.3 Å². The van der Waals surface area contributed by atoms with Gasteiger partial charge in [-0.3, -0.25) is 0 Å². The van der Waals surface area contributed by atoms with Crippen LogP contribution in [0.1, 0.15) is 24.6 Å². The standard InChI is InChI=1S/C22H21N3O/c1-3-13-26-18-11-9-17(10-12-18)21-19(14-23)22(24)25-15(2)20(21)16-7-5-4-6-8-16/h4-12H,3,13H2,1-2H3,(H2,24,25). The van der Waals surface area contributed by atoms with Crippen LogP contribution in [0, 0.1) is 18.3 Å². The average Bonchev–Trinajstić information content (AvgIpc) is 2.67. The van der Waals surface area contributed by atoms with Crippen LogP contribution in [0.2, 0.25) is 0 Å². The Kier molecular flexibility index (Phi) is 5.19. The van der Waals surface area contributed by atoms with Gasteiger partial charge in [-0.25, -0.2) is 4.98 Å². The lowest BCUT2D eigenvalue weighted by Crippen LogP contribution is -2.03. The number of aryl methyl sites for hydroxylation is 1. The fourth-order valence-corrected chi connectivity index (χ4v) is 3.02. The topological polar surface area (TPSA) is 71.9 Å². The van der Waals surface area contributed by atoms with Crippen molar-refractivity contribution < 1.29 is 4.74 Å². The minimum absolute atomic E-state index is 0.256. The number of hydrogen-bond acceptors (Lipinski definition) is 4. The van der Waals surface area contributed by atoms with Gasteiger partial charge in [-0.2, -0.15) is 5.26 Å². The normalized spacial score (nSPS) is 10.3. The summed E-state index contributed by atoms with van der Waals surface area (Å²) < 4.78 is 5.66. The molecular formula is C22H21N3O. The molecule has 0 spiro atoms. The van der Waals surface area contributed by atoms with Gasteiger partial charge in [0.1, 0.15) is 23.2 Å². The molecule has 0 aliphatic heterocycles. The van der Waals surface area contributed by atoms with Gasteiger partial charge in [0, 0.05) is 16.8 Å². The number of benzene rings is 2. The number of ether oxygens (including phenoxy) is 1. The molecule has 1 heterocycles. The van der Waals surface area contributed by atoms with Gasteiger partial charge in [0.2, 0.25) is 0 Å². The first-order chi connectivity index (χ1) is 12.7. The van der Waals surface area contributed by atoms with Crippen LogP contribution < -0.4 is 10.5 Å². The van der Waals surface area contributed by atoms with Crippen molar-refractivity contribution in [3.05, 3.63) is 65.9 Å². The summed E-state index contributed by atoms with van der Waals surface area (Å²) in [6.45, 7) is 4.67. The van der Waals surface area contributed by atoms with Crippen LogP contribution in [-0.4, -0.2) is 11.6 Å². The first-order valence-corrected chi connectivity index (χ1v) is 8.64. The fourth-order valence-electron chi connectivity index (χ4n) is 3.02. The molecule has 3 rings (SSSR count). The Hall–Kier alpha value is -3.32. The molecule has 4 nitrogen and oxygen atoms in total. The van der Waals surface area contributed by atoms with Crippen LogP contribution in [0.15, 0.2) is 54.6 Å². The van der Waals surface area contributed by atoms with Crippen molar-refractivity contribution >= 4 is 5.82 Å². The lowest BCUT2D eigenvalue weighted by atomic mass is 9.90. The number of anilines is 1. The molecular weight excluding hydrogens is 322 g/mol. The Morgan fingerprint density at radius 1 is 1.00 bits per heavy atom. The zero-order valence-corrected chi connectivity index (χ0v) is 15.0. The van der Waals surface area contributed by atoms with Crippen molar-refractivity contribution in [3.63, 3.8) is 0 Å². The number of pyridine rings is 1. The summed E-state index contributed by atoms with van der Waals surface area (Å²) >= 11 is 0. The highest BCUT2D eigenvalue weighted by molar-refractivity contribution is 5.91. The summed E-state index contributed by atoms with van der Waals surface area (Å²) in [5, 5.41) is 9.70. The third kappa shape index (κ3) is 3.38. The van der Waals surface area contributed by atoms with E-state index in [1.54, 1.807) is 0 Å². The SMILES string of the molecule is CCCOc1ccc(-c2c(C#N)c(N)nc(C)c2-c2ccccc2)cc1. The van der Waals surface area contributed by atoms with Gasteiger partial charge in [0.25, 0.3) is 0 Å². The largest absolute Gasteiger partial charge is 0.494 e. The van der Waals surface area contributed by atoms with Gasteiger partial charge in [0.05, 0.1) is 6.61 Å². The van der Waals surface area contributed by atoms with Gasteiger partial charge in [-0.05, 0) is 36.6 Å². The Morgan fingerprint density at radius 3 is 2.27 bits per heavy atom. The second kappa shape index (κ2) is 7.71. The van der Waals surface area contributed by atoms with E-state index in [-0.39, 0.29) is 5.82 Å². The number of nitriles is 1. The molecule has 0 bridgehead atoms. The van der Waals surface area contributed by atoms with Crippen LogP contribution in [0.25, 0.3) is 22.3 Å². The highest BCUT2D eigenvalue weighted by Gasteiger charge is 2.19. The second-order valence-electron chi connectivity index (χ2n) is 6.06. The molecule has 0 saturated heterocycles. The van der Waals surface area contributed by atoms with Crippen molar-refractivity contribution in [2.45, 2.75) is 20.3 Å². The number of nitrogens with zero attached hydrogens (tertiary/aromatic N) is 2. The highest BCUT2D eigenvalue weighted by atomic mass is 16.5. The quantitative estimate of drug-likeness (QED) is 0.710. The number of aromatic nitrogens is 1. The third-order valence-electron chi connectivity index (χ3n) is 4.20. The Labute approximate surface area is 153 Å². The van der Waals surface area contributed by atoms with E-state index >= 15 is 0 Å². The molecule has 0 aliphatic carbocycles. The summed E-state index contributed by atoms with van der Waals surface area (Å²) in [6, 6.07) is 20.0. The zero-order valence-electron chi connectivity index (χ0n) is 15.0. The van der Waals surface area contributed by atoms with E-state index in [0.29, 0.717) is 12.2 Å². The summed E-state index contributed by atoms with van der Waals surface area (Å²) in [4.78, 5) is 4.40. The van der Waals surface area contributed by atoms with Gasteiger partial charge in [0.15, 0.2) is 0 Å². The number of rotatable bonds is 5. The summed E-state index contributed by atoms with van der Waals surface area (Å²) in [7, 11) is 0. The average molecular weight is 343 g/mol. The molecule has 3 aromatic rings. The van der Waals surface area contributed by atoms with Crippen molar-refractivity contribution in [1.82, 2.24) is 4.98 Å². The zero-order chi connectivity index (χ0) is 18.5. The van der Waals surface area contributed by atoms with E-state index in [4.69, 9.17) is 10.5 Å². The number of nitrogen functional groups attached to an aromatic ring is 1. The van der Waals surface area contributed by atoms with Crippen LogP contribution >= 0.6 is 0 Å². The Morgan fingerprint density at radius 2 is 1.65 bits per heavy atom. The second-order valence-corrected chi connectivity index (χ2v) is 6.06. The fraction of sp³-hybridized carbons (Fsp3) is 0.182. The van der Waals surface area contributed by atoms with E-state index in [9.17, 15) is 5.26 Å². The Bertz CT molecular complexity index is 942. The summed E-state index contributed by atoms with van der Waals surface area (Å²) in [5.41, 5.74) is 10.9. The van der Waals surface area contributed by atoms with Crippen LogP contribution in [-0.2, 0) is 0 Å². The maximum atomic E-state index is 9.70. The third-order valence-corrected chi connectivity index (χ3v) is 4.20. The molecule has 0 atom stereocenters. The molecule has 0 unspecified atom stereocenters. The van der Waals surface area contributed by atoms with Gasteiger partial charge in [-0.1, -0.05) is 49.4 Å². The maximum Gasteiger partial charge on any atom is 0.142 e. The van der Waals surface area contributed by atoms with E-state index in [1.807, 2.05) is 61.5 Å². The lowest BCUT2D eigenvalue weighted by Gasteiger charge is -2.16. The molecule has 0 radical (unpaired) electrons. The predicted molar refractivity (Wildman–Crippen MR) is 105 cm³/mol. The molecule has 0 saturated carbocycles. The van der Waals surface area contributed by atoms with Gasteiger partial charge < -0.3 is 10.5 Å². The van der Waals surface area contributed by atoms with Crippen molar-refractivity contribution in [2.24, 2.45) is 0 Å². The number of nitrogens with two attached hydrogens (primary N) is 1. The minimum Gasteiger partial charge on any atom is -0.494 e. The maximum absolute atomic E-state index is 9.70. The van der Waals surface area contributed by atoms with Crippen LogP contribution in [0.3, 0.4) is 0 Å². The first kappa shape index (κ1) is 17.5.